The first kappa shape index (κ1) is 80.1. The number of allylic oxidation sites excluding steroid dienone is 23. The Morgan fingerprint density at radius 3 is 1.12 bits per heavy atom. The molecule has 490 valence electrons. The molecular formula is C77H129NO8. The Morgan fingerprint density at radius 2 is 0.733 bits per heavy atom. The second-order valence-electron chi connectivity index (χ2n) is 23.6. The highest BCUT2D eigenvalue weighted by molar-refractivity contribution is 5.76. The number of unbranched alkanes of at least 4 members (excludes halogenated alkanes) is 27. The summed E-state index contributed by atoms with van der Waals surface area (Å²) in [4.78, 5) is 13.1. The Balaban J connectivity index is 2.19. The van der Waals surface area contributed by atoms with E-state index in [1.165, 1.54) is 141 Å². The highest BCUT2D eigenvalue weighted by atomic mass is 16.7. The molecule has 1 fully saturated rings. The third-order valence-corrected chi connectivity index (χ3v) is 15.6. The zero-order valence-electron chi connectivity index (χ0n) is 54.8. The van der Waals surface area contributed by atoms with Crippen LogP contribution < -0.4 is 5.32 Å². The number of rotatable bonds is 59. The van der Waals surface area contributed by atoms with Crippen LogP contribution >= 0.6 is 0 Å². The molecule has 0 aromatic rings. The molecule has 7 unspecified atom stereocenters. The van der Waals surface area contributed by atoms with Gasteiger partial charge in [-0.25, -0.2) is 0 Å². The minimum Gasteiger partial charge on any atom is -0.394 e. The summed E-state index contributed by atoms with van der Waals surface area (Å²) in [5.74, 6) is -0.199. The third kappa shape index (κ3) is 52.1. The van der Waals surface area contributed by atoms with Crippen LogP contribution in [-0.2, 0) is 14.3 Å². The fourth-order valence-corrected chi connectivity index (χ4v) is 10.2. The molecule has 1 aliphatic rings. The molecule has 0 aromatic carbocycles. The highest BCUT2D eigenvalue weighted by Crippen LogP contribution is 2.23. The molecule has 86 heavy (non-hydrogen) atoms. The van der Waals surface area contributed by atoms with Crippen LogP contribution in [0.4, 0.5) is 0 Å². The average Bonchev–Trinajstić information content (AvgIpc) is 3.55. The first-order valence-electron chi connectivity index (χ1n) is 35.1. The van der Waals surface area contributed by atoms with E-state index in [2.05, 4.69) is 153 Å². The van der Waals surface area contributed by atoms with Crippen molar-refractivity contribution in [2.24, 2.45) is 0 Å². The van der Waals surface area contributed by atoms with Crippen molar-refractivity contribution < 1.29 is 39.8 Å². The quantitative estimate of drug-likeness (QED) is 0.0261. The van der Waals surface area contributed by atoms with Gasteiger partial charge in [-0.15, -0.1) is 0 Å². The van der Waals surface area contributed by atoms with Crippen LogP contribution in [0.2, 0.25) is 0 Å². The number of hydrogen-bond acceptors (Lipinski definition) is 8. The second-order valence-corrected chi connectivity index (χ2v) is 23.6. The van der Waals surface area contributed by atoms with Crippen molar-refractivity contribution in [2.75, 3.05) is 13.2 Å². The van der Waals surface area contributed by atoms with E-state index in [1.54, 1.807) is 6.08 Å². The Labute approximate surface area is 527 Å². The molecule has 1 amide bonds. The molecule has 0 bridgehead atoms. The molecule has 6 N–H and O–H groups in total. The van der Waals surface area contributed by atoms with Crippen molar-refractivity contribution in [1.82, 2.24) is 5.32 Å². The van der Waals surface area contributed by atoms with Gasteiger partial charge in [-0.1, -0.05) is 307 Å². The van der Waals surface area contributed by atoms with Gasteiger partial charge in [0.2, 0.25) is 5.91 Å². The van der Waals surface area contributed by atoms with Crippen LogP contribution in [0.5, 0.6) is 0 Å². The van der Waals surface area contributed by atoms with Crippen molar-refractivity contribution in [2.45, 2.75) is 320 Å². The molecule has 1 heterocycles. The lowest BCUT2D eigenvalue weighted by molar-refractivity contribution is -0.302. The lowest BCUT2D eigenvalue weighted by Crippen LogP contribution is -2.60. The summed E-state index contributed by atoms with van der Waals surface area (Å²) in [5, 5.41) is 54.7. The number of aliphatic hydroxyl groups is 5. The maximum Gasteiger partial charge on any atom is 0.220 e. The topological polar surface area (TPSA) is 149 Å². The number of nitrogens with one attached hydrogen (secondary N) is 1. The van der Waals surface area contributed by atoms with Crippen LogP contribution in [0.1, 0.15) is 277 Å². The van der Waals surface area contributed by atoms with E-state index in [-0.39, 0.29) is 12.5 Å². The van der Waals surface area contributed by atoms with Gasteiger partial charge in [-0.2, -0.15) is 0 Å². The van der Waals surface area contributed by atoms with Crippen molar-refractivity contribution in [3.05, 3.63) is 146 Å². The highest BCUT2D eigenvalue weighted by Gasteiger charge is 2.44. The van der Waals surface area contributed by atoms with E-state index in [0.717, 1.165) is 116 Å². The number of carbonyl (C=O) groups excluding carboxylic acids is 1. The van der Waals surface area contributed by atoms with Gasteiger partial charge in [0.15, 0.2) is 6.29 Å². The van der Waals surface area contributed by atoms with Crippen LogP contribution in [0.25, 0.3) is 0 Å². The normalized spacial score (nSPS) is 19.0. The molecule has 0 radical (unpaired) electrons. The smallest absolute Gasteiger partial charge is 0.220 e. The van der Waals surface area contributed by atoms with E-state index >= 15 is 0 Å². The maximum atomic E-state index is 13.1. The SMILES string of the molecule is CC/C=C\C/C=C\C/C=C\C/C=C\C/C=C\C/C=C\C/C=C\C/C=C\C/C=C\C/C=C\CCCCCCCCCCC(=O)NC(COC1OC(CO)C(O)C(O)C1O)C(O)/C=C/CC/C=C/CCCCCCCCCCCCCCCCCCCC. The second kappa shape index (κ2) is 64.1. The van der Waals surface area contributed by atoms with Crippen molar-refractivity contribution in [3.63, 3.8) is 0 Å². The summed E-state index contributed by atoms with van der Waals surface area (Å²) in [6.07, 6.45) is 92.2. The van der Waals surface area contributed by atoms with Crippen LogP contribution in [0, 0.1) is 0 Å². The molecule has 0 spiro atoms. The molecule has 0 aliphatic carbocycles. The summed E-state index contributed by atoms with van der Waals surface area (Å²) in [6, 6.07) is -0.838. The lowest BCUT2D eigenvalue weighted by atomic mass is 9.99. The van der Waals surface area contributed by atoms with Crippen LogP contribution in [-0.4, -0.2) is 87.5 Å². The molecule has 1 rings (SSSR count). The fraction of sp³-hybridized carbons (Fsp3) is 0.675. The summed E-state index contributed by atoms with van der Waals surface area (Å²) >= 11 is 0. The predicted molar refractivity (Wildman–Crippen MR) is 368 cm³/mol. The standard InChI is InChI=1S/C77H129NO8/c1-3-5-7-9-11-13-15-17-19-21-23-25-27-29-30-31-32-33-34-35-36-37-38-39-40-41-42-43-45-47-49-51-53-55-57-59-61-63-65-67-73(81)78-70(69-85-77-76(84)75(83)74(82)72(68-79)86-77)71(80)66-64-62-60-58-56-54-52-50-48-46-44-28-26-24-22-20-18-16-14-12-10-8-6-4-2/h5,7,11,13,17,19,23,25,29-30,32-33,35-36,38-39,41-42,45,47,56,58,64,66,70-72,74-77,79-80,82-84H,3-4,6,8-10,12,14-16,18,20-22,24,26-28,31,34,37,40,43-44,46,48-55,57,59-63,65,67-69H2,1-2H3,(H,78,81)/b7-5-,13-11-,19-17-,25-23-,30-29-,33-32-,36-35-,39-38-,42-41-,47-45-,58-56+,66-64+. The Hall–Kier alpha value is -3.93. The number of amides is 1. The first-order valence-corrected chi connectivity index (χ1v) is 35.1. The fourth-order valence-electron chi connectivity index (χ4n) is 10.2. The van der Waals surface area contributed by atoms with E-state index in [0.29, 0.717) is 6.42 Å². The maximum absolute atomic E-state index is 13.1. The molecule has 0 aromatic heterocycles. The van der Waals surface area contributed by atoms with Crippen molar-refractivity contribution >= 4 is 5.91 Å². The zero-order chi connectivity index (χ0) is 62.1. The molecule has 9 heteroatoms. The van der Waals surface area contributed by atoms with Crippen LogP contribution in [0.15, 0.2) is 146 Å². The Bertz CT molecular complexity index is 1870. The number of aliphatic hydroxyl groups excluding tert-OH is 5. The molecule has 9 nitrogen and oxygen atoms in total. The minimum absolute atomic E-state index is 0.199. The summed E-state index contributed by atoms with van der Waals surface area (Å²) in [6.45, 7) is 3.66. The predicted octanol–water partition coefficient (Wildman–Crippen LogP) is 19.4. The summed E-state index contributed by atoms with van der Waals surface area (Å²) < 4.78 is 11.3. The Morgan fingerprint density at radius 1 is 0.407 bits per heavy atom. The summed E-state index contributed by atoms with van der Waals surface area (Å²) in [5.41, 5.74) is 0. The van der Waals surface area contributed by atoms with Gasteiger partial charge in [0.25, 0.3) is 0 Å². The first-order chi connectivity index (χ1) is 42.3. The Kier molecular flexibility index (Phi) is 59.7. The monoisotopic (exact) mass is 1200 g/mol. The van der Waals surface area contributed by atoms with Gasteiger partial charge >= 0.3 is 0 Å². The van der Waals surface area contributed by atoms with Crippen molar-refractivity contribution in [1.29, 1.82) is 0 Å². The third-order valence-electron chi connectivity index (χ3n) is 15.6. The van der Waals surface area contributed by atoms with Gasteiger partial charge < -0.3 is 40.3 Å². The average molecular weight is 1200 g/mol. The van der Waals surface area contributed by atoms with Gasteiger partial charge in [-0.05, 0) is 109 Å². The van der Waals surface area contributed by atoms with Gasteiger partial charge in [0.05, 0.1) is 25.4 Å². The number of hydrogen-bond donors (Lipinski definition) is 6. The van der Waals surface area contributed by atoms with Crippen LogP contribution in [0.3, 0.4) is 0 Å². The molecular weight excluding hydrogens is 1070 g/mol. The van der Waals surface area contributed by atoms with E-state index < -0.39 is 49.5 Å². The number of carbonyl (C=O) groups is 1. The molecule has 1 saturated heterocycles. The molecule has 1 aliphatic heterocycles. The van der Waals surface area contributed by atoms with Crippen molar-refractivity contribution in [3.8, 4) is 0 Å². The molecule has 7 atom stereocenters. The van der Waals surface area contributed by atoms with E-state index in [9.17, 15) is 30.3 Å². The zero-order valence-corrected chi connectivity index (χ0v) is 54.8. The lowest BCUT2D eigenvalue weighted by Gasteiger charge is -2.40. The largest absolute Gasteiger partial charge is 0.394 e. The van der Waals surface area contributed by atoms with Gasteiger partial charge in [0.1, 0.15) is 24.4 Å². The van der Waals surface area contributed by atoms with E-state index in [4.69, 9.17) is 9.47 Å². The van der Waals surface area contributed by atoms with Gasteiger partial charge in [0, 0.05) is 6.42 Å². The van der Waals surface area contributed by atoms with E-state index in [1.807, 2.05) is 6.08 Å². The summed E-state index contributed by atoms with van der Waals surface area (Å²) in [7, 11) is 0. The number of ether oxygens (including phenoxy) is 2. The van der Waals surface area contributed by atoms with Gasteiger partial charge in [-0.3, -0.25) is 4.79 Å². The molecule has 0 saturated carbocycles. The minimum atomic E-state index is -1.58.